The van der Waals surface area contributed by atoms with Gasteiger partial charge in [-0.1, -0.05) is 6.07 Å². The standard InChI is InChI=1S/C25H26N2O5/c1-16-18(15-23-25(29)24-21(28)4-3-5-22(24)32-23)19-14-17(30-2)6-7-20(19)27(16)9-8-26-10-12-31-13-11-26/h3-7,14-15,28H,8-13H2,1-2H3/b23-15-. The first-order chi connectivity index (χ1) is 15.6. The van der Waals surface area contributed by atoms with Crippen molar-refractivity contribution in [2.45, 2.75) is 13.5 Å². The molecule has 1 aromatic heterocycles. The molecule has 3 heterocycles. The van der Waals surface area contributed by atoms with Crippen LogP contribution in [0.5, 0.6) is 17.2 Å². The van der Waals surface area contributed by atoms with Crippen LogP contribution in [-0.2, 0) is 11.3 Å². The summed E-state index contributed by atoms with van der Waals surface area (Å²) in [4.78, 5) is 15.3. The second-order valence-corrected chi connectivity index (χ2v) is 8.08. The van der Waals surface area contributed by atoms with Gasteiger partial charge in [0.2, 0.25) is 5.78 Å². The van der Waals surface area contributed by atoms with Crippen molar-refractivity contribution < 1.29 is 24.1 Å². The predicted octanol–water partition coefficient (Wildman–Crippen LogP) is 3.61. The molecule has 1 N–H and O–H groups in total. The summed E-state index contributed by atoms with van der Waals surface area (Å²) in [6, 6.07) is 10.9. The lowest BCUT2D eigenvalue weighted by atomic mass is 10.1. The third-order valence-corrected chi connectivity index (χ3v) is 6.27. The lowest BCUT2D eigenvalue weighted by Gasteiger charge is -2.27. The van der Waals surface area contributed by atoms with E-state index in [1.165, 1.54) is 6.07 Å². The third-order valence-electron chi connectivity index (χ3n) is 6.27. The van der Waals surface area contributed by atoms with Crippen molar-refractivity contribution >= 4 is 22.8 Å². The third kappa shape index (κ3) is 3.53. The summed E-state index contributed by atoms with van der Waals surface area (Å²) < 4.78 is 19.0. The number of benzene rings is 2. The first-order valence-corrected chi connectivity index (χ1v) is 10.8. The molecule has 0 atom stereocenters. The van der Waals surface area contributed by atoms with Gasteiger partial charge in [0.15, 0.2) is 5.76 Å². The van der Waals surface area contributed by atoms with E-state index in [-0.39, 0.29) is 22.9 Å². The molecule has 7 heteroatoms. The van der Waals surface area contributed by atoms with Crippen LogP contribution >= 0.6 is 0 Å². The fourth-order valence-corrected chi connectivity index (χ4v) is 4.50. The van der Waals surface area contributed by atoms with E-state index in [0.717, 1.165) is 67.3 Å². The van der Waals surface area contributed by atoms with Gasteiger partial charge in [0.05, 0.1) is 20.3 Å². The Morgan fingerprint density at radius 2 is 1.97 bits per heavy atom. The molecule has 3 aromatic rings. The summed E-state index contributed by atoms with van der Waals surface area (Å²) >= 11 is 0. The van der Waals surface area contributed by atoms with E-state index in [0.29, 0.717) is 5.75 Å². The molecular formula is C25H26N2O5. The number of ether oxygens (including phenoxy) is 3. The number of phenols is 1. The van der Waals surface area contributed by atoms with Gasteiger partial charge in [0.1, 0.15) is 22.8 Å². The number of rotatable bonds is 5. The Morgan fingerprint density at radius 3 is 2.72 bits per heavy atom. The highest BCUT2D eigenvalue weighted by atomic mass is 16.5. The van der Waals surface area contributed by atoms with Crippen LogP contribution in [0.15, 0.2) is 42.2 Å². The van der Waals surface area contributed by atoms with Crippen molar-refractivity contribution in [3.8, 4) is 17.2 Å². The van der Waals surface area contributed by atoms with E-state index in [4.69, 9.17) is 14.2 Å². The second-order valence-electron chi connectivity index (χ2n) is 8.08. The number of nitrogens with zero attached hydrogens (tertiary/aromatic N) is 2. The number of carbonyl (C=O) groups is 1. The van der Waals surface area contributed by atoms with Crippen LogP contribution in [-0.4, -0.2) is 60.3 Å². The Balaban J connectivity index is 1.55. The molecule has 32 heavy (non-hydrogen) atoms. The SMILES string of the molecule is COc1ccc2c(c1)c(/C=C1\Oc3cccc(O)c3C1=O)c(C)n2CCN1CCOCC1. The van der Waals surface area contributed by atoms with Crippen molar-refractivity contribution in [2.75, 3.05) is 40.0 Å². The summed E-state index contributed by atoms with van der Waals surface area (Å²) in [6.45, 7) is 7.22. The highest BCUT2D eigenvalue weighted by molar-refractivity contribution is 6.16. The van der Waals surface area contributed by atoms with Gasteiger partial charge in [0, 0.05) is 48.3 Å². The molecule has 0 unspecified atom stereocenters. The smallest absolute Gasteiger partial charge is 0.235 e. The number of ketones is 1. The van der Waals surface area contributed by atoms with Gasteiger partial charge < -0.3 is 23.9 Å². The van der Waals surface area contributed by atoms with Gasteiger partial charge in [-0.3, -0.25) is 9.69 Å². The van der Waals surface area contributed by atoms with Crippen LogP contribution < -0.4 is 9.47 Å². The van der Waals surface area contributed by atoms with Crippen molar-refractivity contribution in [1.29, 1.82) is 0 Å². The normalized spacial score (nSPS) is 17.7. The van der Waals surface area contributed by atoms with Crippen molar-refractivity contribution in [3.63, 3.8) is 0 Å². The van der Waals surface area contributed by atoms with Crippen LogP contribution in [0.3, 0.4) is 0 Å². The average molecular weight is 434 g/mol. The van der Waals surface area contributed by atoms with E-state index in [1.807, 2.05) is 12.1 Å². The number of aromatic nitrogens is 1. The molecule has 2 aromatic carbocycles. The quantitative estimate of drug-likeness (QED) is 0.619. The zero-order chi connectivity index (χ0) is 22.2. The van der Waals surface area contributed by atoms with Gasteiger partial charge in [-0.05, 0) is 43.3 Å². The van der Waals surface area contributed by atoms with Gasteiger partial charge in [-0.25, -0.2) is 0 Å². The monoisotopic (exact) mass is 434 g/mol. The van der Waals surface area contributed by atoms with Gasteiger partial charge in [0.25, 0.3) is 0 Å². The Hall–Kier alpha value is -3.29. The molecule has 0 amide bonds. The highest BCUT2D eigenvalue weighted by Crippen LogP contribution is 2.39. The molecule has 0 aliphatic carbocycles. The number of hydrogen-bond acceptors (Lipinski definition) is 6. The minimum absolute atomic E-state index is 0.0674. The maximum absolute atomic E-state index is 12.9. The first kappa shape index (κ1) is 20.6. The van der Waals surface area contributed by atoms with E-state index in [9.17, 15) is 9.90 Å². The van der Waals surface area contributed by atoms with Gasteiger partial charge >= 0.3 is 0 Å². The number of Topliss-reactive ketones (excluding diaryl/α,β-unsaturated/α-hetero) is 1. The molecule has 0 spiro atoms. The second kappa shape index (κ2) is 8.33. The molecule has 0 bridgehead atoms. The Kier molecular flexibility index (Phi) is 5.36. The number of carbonyl (C=O) groups excluding carboxylic acids is 1. The molecule has 1 saturated heterocycles. The molecule has 166 valence electrons. The number of allylic oxidation sites excluding steroid dienone is 1. The summed E-state index contributed by atoms with van der Waals surface area (Å²) in [5.74, 6) is 0.964. The molecule has 0 saturated carbocycles. The predicted molar refractivity (Wildman–Crippen MR) is 122 cm³/mol. The van der Waals surface area contributed by atoms with E-state index < -0.39 is 0 Å². The van der Waals surface area contributed by atoms with Crippen LogP contribution in [0.4, 0.5) is 0 Å². The Labute approximate surface area is 186 Å². The Morgan fingerprint density at radius 1 is 1.16 bits per heavy atom. The zero-order valence-corrected chi connectivity index (χ0v) is 18.3. The number of hydrogen-bond donors (Lipinski definition) is 1. The van der Waals surface area contributed by atoms with Gasteiger partial charge in [-0.15, -0.1) is 0 Å². The maximum Gasteiger partial charge on any atom is 0.235 e. The van der Waals surface area contributed by atoms with E-state index in [1.54, 1.807) is 25.3 Å². The molecule has 1 fully saturated rings. The van der Waals surface area contributed by atoms with Crippen LogP contribution in [0.2, 0.25) is 0 Å². The van der Waals surface area contributed by atoms with Crippen molar-refractivity contribution in [1.82, 2.24) is 9.47 Å². The van der Waals surface area contributed by atoms with Crippen LogP contribution in [0.1, 0.15) is 21.6 Å². The number of morpholine rings is 1. The molecule has 5 rings (SSSR count). The zero-order valence-electron chi connectivity index (χ0n) is 18.3. The number of methoxy groups -OCH3 is 1. The molecular weight excluding hydrogens is 408 g/mol. The minimum Gasteiger partial charge on any atom is -0.507 e. The summed E-state index contributed by atoms with van der Waals surface area (Å²) in [5.41, 5.74) is 3.25. The summed E-state index contributed by atoms with van der Waals surface area (Å²) in [6.07, 6.45) is 1.78. The van der Waals surface area contributed by atoms with Crippen LogP contribution in [0.25, 0.3) is 17.0 Å². The summed E-state index contributed by atoms with van der Waals surface area (Å²) in [7, 11) is 1.64. The van der Waals surface area contributed by atoms with E-state index in [2.05, 4.69) is 22.5 Å². The van der Waals surface area contributed by atoms with Crippen molar-refractivity contribution in [3.05, 3.63) is 59.0 Å². The molecule has 2 aliphatic rings. The number of aromatic hydroxyl groups is 1. The molecule has 7 nitrogen and oxygen atoms in total. The lowest BCUT2D eigenvalue weighted by molar-refractivity contribution is 0.0365. The first-order valence-electron chi connectivity index (χ1n) is 10.8. The molecule has 0 radical (unpaired) electrons. The van der Waals surface area contributed by atoms with Crippen LogP contribution in [0, 0.1) is 6.92 Å². The largest absolute Gasteiger partial charge is 0.507 e. The van der Waals surface area contributed by atoms with Gasteiger partial charge in [-0.2, -0.15) is 0 Å². The fraction of sp³-hybridized carbons (Fsp3) is 0.320. The molecule has 2 aliphatic heterocycles. The van der Waals surface area contributed by atoms with Crippen molar-refractivity contribution in [2.24, 2.45) is 0 Å². The topological polar surface area (TPSA) is 73.2 Å². The lowest BCUT2D eigenvalue weighted by Crippen LogP contribution is -2.38. The Bertz CT molecular complexity index is 1220. The average Bonchev–Trinajstić information content (AvgIpc) is 3.27. The minimum atomic E-state index is -0.311. The highest BCUT2D eigenvalue weighted by Gasteiger charge is 2.31. The maximum atomic E-state index is 12.9. The fourth-order valence-electron chi connectivity index (χ4n) is 4.50. The summed E-state index contributed by atoms with van der Waals surface area (Å²) in [5, 5.41) is 11.1. The number of fused-ring (bicyclic) bond motifs is 2. The number of phenolic OH excluding ortho intramolecular Hbond substituents is 1. The van der Waals surface area contributed by atoms with E-state index >= 15 is 0 Å².